The van der Waals surface area contributed by atoms with Crippen LogP contribution >= 0.6 is 11.8 Å². The third kappa shape index (κ3) is 1.000. The molecule has 1 aliphatic heterocycles. The second-order valence-electron chi connectivity index (χ2n) is 4.19. The Kier molecular flexibility index (Phi) is 1.49. The highest BCUT2D eigenvalue weighted by Gasteiger charge is 2.32. The van der Waals surface area contributed by atoms with Crippen LogP contribution in [-0.2, 0) is 6.42 Å². The second-order valence-corrected chi connectivity index (χ2v) is 5.24. The zero-order valence-electron chi connectivity index (χ0n) is 8.49. The third-order valence-corrected chi connectivity index (χ3v) is 4.23. The first kappa shape index (κ1) is 8.59. The lowest BCUT2D eigenvalue weighted by Crippen LogP contribution is -2.14. The van der Waals surface area contributed by atoms with Gasteiger partial charge in [0.2, 0.25) is 0 Å². The molecule has 2 aromatic rings. The van der Waals surface area contributed by atoms with Gasteiger partial charge in [0.1, 0.15) is 0 Å². The van der Waals surface area contributed by atoms with Gasteiger partial charge in [-0.15, -0.1) is 0 Å². The fraction of sp³-hybridized carbons (Fsp3) is 0.0714. The van der Waals surface area contributed by atoms with Crippen molar-refractivity contribution in [2.24, 2.45) is 0 Å². The van der Waals surface area contributed by atoms with Gasteiger partial charge in [-0.2, -0.15) is 0 Å². The highest BCUT2D eigenvalue weighted by atomic mass is 32.2. The van der Waals surface area contributed by atoms with Crippen LogP contribution in [0, 0.1) is 0 Å². The SMILES string of the molecule is O=C1c2ccccc2Cc2ccc3c(c21)S3. The zero-order valence-corrected chi connectivity index (χ0v) is 9.30. The highest BCUT2D eigenvalue weighted by molar-refractivity contribution is 8.05. The van der Waals surface area contributed by atoms with E-state index in [-0.39, 0.29) is 5.78 Å². The van der Waals surface area contributed by atoms with Gasteiger partial charge in [-0.25, -0.2) is 0 Å². The Morgan fingerprint density at radius 1 is 1.00 bits per heavy atom. The number of benzene rings is 2. The van der Waals surface area contributed by atoms with Crippen molar-refractivity contribution in [3.8, 4) is 0 Å². The lowest BCUT2D eigenvalue weighted by molar-refractivity contribution is 0.103. The maximum atomic E-state index is 12.3. The van der Waals surface area contributed by atoms with Gasteiger partial charge in [-0.05, 0) is 23.6 Å². The van der Waals surface area contributed by atoms with Gasteiger partial charge in [0.25, 0.3) is 0 Å². The second kappa shape index (κ2) is 2.77. The monoisotopic (exact) mass is 224 g/mol. The van der Waals surface area contributed by atoms with Crippen molar-refractivity contribution in [2.45, 2.75) is 16.2 Å². The summed E-state index contributed by atoms with van der Waals surface area (Å²) in [6, 6.07) is 12.2. The molecule has 0 unspecified atom stereocenters. The van der Waals surface area contributed by atoms with Crippen LogP contribution in [-0.4, -0.2) is 5.78 Å². The van der Waals surface area contributed by atoms with Crippen molar-refractivity contribution >= 4 is 17.5 Å². The van der Waals surface area contributed by atoms with Gasteiger partial charge in [-0.1, -0.05) is 42.1 Å². The standard InChI is InChI=1S/C14H8OS/c15-13-10-4-2-1-3-8(10)7-9-5-6-11-14(16-11)12(9)13/h1-6H,7H2. The molecule has 0 radical (unpaired) electrons. The molecule has 0 amide bonds. The Morgan fingerprint density at radius 3 is 2.81 bits per heavy atom. The van der Waals surface area contributed by atoms with Crippen LogP contribution < -0.4 is 0 Å². The minimum absolute atomic E-state index is 0.207. The Bertz CT molecular complexity index is 643. The summed E-state index contributed by atoms with van der Waals surface area (Å²) in [4.78, 5) is 14.8. The van der Waals surface area contributed by atoms with Crippen LogP contribution in [0.1, 0.15) is 27.0 Å². The lowest BCUT2D eigenvalue weighted by atomic mass is 9.85. The van der Waals surface area contributed by atoms with E-state index in [0.717, 1.165) is 23.1 Å². The van der Waals surface area contributed by atoms with Crippen molar-refractivity contribution in [1.29, 1.82) is 0 Å². The lowest BCUT2D eigenvalue weighted by Gasteiger charge is -2.17. The van der Waals surface area contributed by atoms with E-state index in [1.54, 1.807) is 11.8 Å². The van der Waals surface area contributed by atoms with E-state index < -0.39 is 0 Å². The Hall–Kier alpha value is -1.54. The van der Waals surface area contributed by atoms with Gasteiger partial charge in [-0.3, -0.25) is 4.79 Å². The van der Waals surface area contributed by atoms with Crippen LogP contribution in [0.25, 0.3) is 0 Å². The maximum Gasteiger partial charge on any atom is 0.194 e. The minimum Gasteiger partial charge on any atom is -0.289 e. The normalized spacial score (nSPS) is 15.1. The molecule has 1 heterocycles. The molecule has 0 atom stereocenters. The molecule has 76 valence electrons. The predicted molar refractivity (Wildman–Crippen MR) is 63.2 cm³/mol. The first-order chi connectivity index (χ1) is 7.84. The smallest absolute Gasteiger partial charge is 0.194 e. The molecule has 4 rings (SSSR count). The number of ketones is 1. The molecule has 0 saturated carbocycles. The first-order valence-corrected chi connectivity index (χ1v) is 6.12. The molecule has 2 aliphatic rings. The van der Waals surface area contributed by atoms with Gasteiger partial charge in [0.15, 0.2) is 5.78 Å². The zero-order chi connectivity index (χ0) is 10.7. The number of hydrogen-bond acceptors (Lipinski definition) is 2. The largest absolute Gasteiger partial charge is 0.289 e. The topological polar surface area (TPSA) is 17.1 Å². The molecule has 0 spiro atoms. The third-order valence-electron chi connectivity index (χ3n) is 3.25. The van der Waals surface area contributed by atoms with E-state index >= 15 is 0 Å². The molecule has 2 aromatic carbocycles. The molecule has 16 heavy (non-hydrogen) atoms. The Labute approximate surface area is 97.5 Å². The van der Waals surface area contributed by atoms with Crippen LogP contribution in [0.2, 0.25) is 0 Å². The number of carbonyl (C=O) groups is 1. The fourth-order valence-corrected chi connectivity index (χ4v) is 3.21. The number of hydrogen-bond donors (Lipinski definition) is 0. The van der Waals surface area contributed by atoms with E-state index in [1.165, 1.54) is 15.4 Å². The van der Waals surface area contributed by atoms with Crippen molar-refractivity contribution in [3.05, 3.63) is 58.7 Å². The summed E-state index contributed by atoms with van der Waals surface area (Å²) in [5.74, 6) is 0.207. The molecule has 1 aliphatic carbocycles. The molecule has 0 N–H and O–H groups in total. The van der Waals surface area contributed by atoms with Gasteiger partial charge >= 0.3 is 0 Å². The summed E-state index contributed by atoms with van der Waals surface area (Å²) in [5.41, 5.74) is 4.19. The average Bonchev–Trinajstić information content (AvgIpc) is 3.08. The van der Waals surface area contributed by atoms with Crippen molar-refractivity contribution in [1.82, 2.24) is 0 Å². The fourth-order valence-electron chi connectivity index (χ4n) is 2.41. The minimum atomic E-state index is 0.207. The summed E-state index contributed by atoms with van der Waals surface area (Å²) in [7, 11) is 0. The molecular formula is C14H8OS. The van der Waals surface area contributed by atoms with Crippen molar-refractivity contribution in [3.63, 3.8) is 0 Å². The molecule has 0 saturated heterocycles. The van der Waals surface area contributed by atoms with Crippen LogP contribution in [0.5, 0.6) is 0 Å². The summed E-state index contributed by atoms with van der Waals surface area (Å²) < 4.78 is 0. The number of fused-ring (bicyclic) bond motifs is 4. The Balaban J connectivity index is 2.01. The maximum absolute atomic E-state index is 12.3. The number of carbonyl (C=O) groups excluding carboxylic acids is 1. The van der Waals surface area contributed by atoms with Crippen LogP contribution in [0.4, 0.5) is 0 Å². The van der Waals surface area contributed by atoms with Crippen LogP contribution in [0.3, 0.4) is 0 Å². The van der Waals surface area contributed by atoms with Gasteiger partial charge < -0.3 is 0 Å². The predicted octanol–water partition coefficient (Wildman–Crippen LogP) is 3.29. The van der Waals surface area contributed by atoms with Crippen molar-refractivity contribution in [2.75, 3.05) is 0 Å². The first-order valence-electron chi connectivity index (χ1n) is 5.31. The van der Waals surface area contributed by atoms with E-state index in [0.29, 0.717) is 0 Å². The summed E-state index contributed by atoms with van der Waals surface area (Å²) >= 11 is 1.73. The summed E-state index contributed by atoms with van der Waals surface area (Å²) in [6.07, 6.45) is 0.894. The molecule has 0 fully saturated rings. The molecule has 1 nitrogen and oxygen atoms in total. The quantitative estimate of drug-likeness (QED) is 0.426. The van der Waals surface area contributed by atoms with Gasteiger partial charge in [0, 0.05) is 20.9 Å². The highest BCUT2D eigenvalue weighted by Crippen LogP contribution is 2.53. The van der Waals surface area contributed by atoms with Crippen molar-refractivity contribution < 1.29 is 4.79 Å². The summed E-state index contributed by atoms with van der Waals surface area (Å²) in [6.45, 7) is 0. The van der Waals surface area contributed by atoms with E-state index in [1.807, 2.05) is 18.2 Å². The molecular weight excluding hydrogens is 216 g/mol. The number of rotatable bonds is 0. The molecule has 2 heteroatoms. The Morgan fingerprint density at radius 2 is 1.88 bits per heavy atom. The van der Waals surface area contributed by atoms with Crippen LogP contribution in [0.15, 0.2) is 46.2 Å². The summed E-state index contributed by atoms with van der Waals surface area (Å²) in [5, 5.41) is 0. The van der Waals surface area contributed by atoms with Gasteiger partial charge in [0.05, 0.1) is 0 Å². The molecule has 0 aromatic heterocycles. The van der Waals surface area contributed by atoms with E-state index in [2.05, 4.69) is 18.2 Å². The van der Waals surface area contributed by atoms with E-state index in [9.17, 15) is 4.79 Å². The molecule has 0 bridgehead atoms. The average molecular weight is 224 g/mol. The van der Waals surface area contributed by atoms with E-state index in [4.69, 9.17) is 0 Å².